The van der Waals surface area contributed by atoms with E-state index in [1.165, 1.54) is 0 Å². The average Bonchev–Trinajstić information content (AvgIpc) is 2.51. The number of carboxylic acid groups (broad SMARTS) is 1. The summed E-state index contributed by atoms with van der Waals surface area (Å²) in [5.41, 5.74) is 0. The fourth-order valence-electron chi connectivity index (χ4n) is 0.774. The van der Waals surface area contributed by atoms with Crippen LogP contribution < -0.4 is 0 Å². The molecule has 0 unspecified atom stereocenters. The minimum atomic E-state index is -1.39. The lowest BCUT2D eigenvalue weighted by atomic mass is 10.2. The smallest absolute Gasteiger partial charge is 0.372 e. The first-order valence-electron chi connectivity index (χ1n) is 3.44. The number of carbonyl (C=O) groups excluding carboxylic acids is 1. The summed E-state index contributed by atoms with van der Waals surface area (Å²) in [6.45, 7) is 0. The van der Waals surface area contributed by atoms with E-state index in [2.05, 4.69) is 9.97 Å². The van der Waals surface area contributed by atoms with Crippen LogP contribution in [0.1, 0.15) is 12.2 Å². The number of rotatable bonds is 4. The number of aromatic nitrogens is 2. The number of H-pyrrole nitrogens is 1. The summed E-state index contributed by atoms with van der Waals surface area (Å²) >= 11 is 0. The molecule has 0 aromatic carbocycles. The highest BCUT2D eigenvalue weighted by Crippen LogP contribution is 1.95. The standard InChI is InChI=1S/C7H8N2O3/c10-5(7(11)12)1-2-6-8-3-4-9-6/h3-4H,1-2H2,(H,8,9)(H,11,12). The van der Waals surface area contributed by atoms with Crippen molar-refractivity contribution >= 4 is 11.8 Å². The highest BCUT2D eigenvalue weighted by Gasteiger charge is 2.11. The topological polar surface area (TPSA) is 83.0 Å². The van der Waals surface area contributed by atoms with Gasteiger partial charge in [-0.3, -0.25) is 4.79 Å². The second-order valence-corrected chi connectivity index (χ2v) is 2.26. The number of imidazole rings is 1. The Morgan fingerprint density at radius 2 is 2.33 bits per heavy atom. The predicted octanol–water partition coefficient (Wildman–Crippen LogP) is -0.00400. The third-order valence-electron chi connectivity index (χ3n) is 1.38. The van der Waals surface area contributed by atoms with Gasteiger partial charge in [-0.25, -0.2) is 9.78 Å². The van der Waals surface area contributed by atoms with E-state index in [9.17, 15) is 9.59 Å². The Hall–Kier alpha value is -1.65. The lowest BCUT2D eigenvalue weighted by molar-refractivity contribution is -0.149. The number of carboxylic acids is 1. The Morgan fingerprint density at radius 3 is 2.83 bits per heavy atom. The van der Waals surface area contributed by atoms with Gasteiger partial charge in [-0.05, 0) is 0 Å². The predicted molar refractivity (Wildman–Crippen MR) is 39.6 cm³/mol. The second-order valence-electron chi connectivity index (χ2n) is 2.26. The summed E-state index contributed by atoms with van der Waals surface area (Å²) in [5.74, 6) is -1.54. The van der Waals surface area contributed by atoms with Crippen molar-refractivity contribution in [2.75, 3.05) is 0 Å². The number of hydrogen-bond donors (Lipinski definition) is 2. The van der Waals surface area contributed by atoms with Crippen molar-refractivity contribution in [3.8, 4) is 0 Å². The molecule has 5 nitrogen and oxygen atoms in total. The number of ketones is 1. The Labute approximate surface area is 68.4 Å². The molecule has 0 spiro atoms. The molecule has 1 rings (SSSR count). The van der Waals surface area contributed by atoms with Gasteiger partial charge >= 0.3 is 5.97 Å². The molecular weight excluding hydrogens is 160 g/mol. The molecule has 0 saturated carbocycles. The number of nitrogens with zero attached hydrogens (tertiary/aromatic N) is 1. The number of nitrogens with one attached hydrogen (secondary N) is 1. The molecule has 1 aromatic rings. The molecule has 0 radical (unpaired) electrons. The average molecular weight is 168 g/mol. The minimum absolute atomic E-state index is 0.0111. The molecule has 0 aliphatic rings. The summed E-state index contributed by atoms with van der Waals surface area (Å²) in [4.78, 5) is 27.3. The summed E-state index contributed by atoms with van der Waals surface area (Å²) in [5, 5.41) is 8.23. The van der Waals surface area contributed by atoms with Crippen LogP contribution in [-0.4, -0.2) is 26.8 Å². The van der Waals surface area contributed by atoms with Crippen LogP contribution >= 0.6 is 0 Å². The van der Waals surface area contributed by atoms with Crippen molar-refractivity contribution in [1.82, 2.24) is 9.97 Å². The zero-order valence-electron chi connectivity index (χ0n) is 6.28. The molecule has 2 N–H and O–H groups in total. The van der Waals surface area contributed by atoms with Crippen molar-refractivity contribution in [2.45, 2.75) is 12.8 Å². The maximum Gasteiger partial charge on any atom is 0.372 e. The molecule has 0 aliphatic heterocycles. The highest BCUT2D eigenvalue weighted by molar-refractivity contribution is 6.32. The summed E-state index contributed by atoms with van der Waals surface area (Å²) in [7, 11) is 0. The molecule has 0 atom stereocenters. The molecule has 1 aromatic heterocycles. The highest BCUT2D eigenvalue weighted by atomic mass is 16.4. The Morgan fingerprint density at radius 1 is 1.58 bits per heavy atom. The SMILES string of the molecule is O=C(O)C(=O)CCc1ncc[nH]1. The van der Waals surface area contributed by atoms with Crippen molar-refractivity contribution < 1.29 is 14.7 Å². The molecule has 12 heavy (non-hydrogen) atoms. The zero-order chi connectivity index (χ0) is 8.97. The van der Waals surface area contributed by atoms with E-state index in [-0.39, 0.29) is 6.42 Å². The summed E-state index contributed by atoms with van der Waals surface area (Å²) in [6, 6.07) is 0. The first-order chi connectivity index (χ1) is 5.70. The van der Waals surface area contributed by atoms with Crippen LogP contribution in [0.15, 0.2) is 12.4 Å². The number of aryl methyl sites for hydroxylation is 1. The number of aromatic amines is 1. The Balaban J connectivity index is 2.37. The number of aliphatic carboxylic acids is 1. The van der Waals surface area contributed by atoms with Crippen LogP contribution in [0.4, 0.5) is 0 Å². The maximum atomic E-state index is 10.6. The van der Waals surface area contributed by atoms with Crippen molar-refractivity contribution in [3.63, 3.8) is 0 Å². The van der Waals surface area contributed by atoms with E-state index in [0.717, 1.165) is 0 Å². The fourth-order valence-corrected chi connectivity index (χ4v) is 0.774. The molecule has 0 fully saturated rings. The summed E-state index contributed by atoms with van der Waals surface area (Å²) < 4.78 is 0. The number of carbonyl (C=O) groups is 2. The van der Waals surface area contributed by atoms with E-state index >= 15 is 0 Å². The van der Waals surface area contributed by atoms with Gasteiger partial charge in [0.05, 0.1) is 0 Å². The van der Waals surface area contributed by atoms with Crippen LogP contribution in [-0.2, 0) is 16.0 Å². The van der Waals surface area contributed by atoms with Gasteiger partial charge < -0.3 is 10.1 Å². The van der Waals surface area contributed by atoms with Gasteiger partial charge in [0.15, 0.2) is 0 Å². The molecule has 0 saturated heterocycles. The van der Waals surface area contributed by atoms with Gasteiger partial charge in [0.1, 0.15) is 5.82 Å². The second kappa shape index (κ2) is 3.66. The van der Waals surface area contributed by atoms with Crippen molar-refractivity contribution in [1.29, 1.82) is 0 Å². The molecule has 0 aliphatic carbocycles. The van der Waals surface area contributed by atoms with Crippen LogP contribution in [0.3, 0.4) is 0 Å². The van der Waals surface area contributed by atoms with Crippen LogP contribution in [0.5, 0.6) is 0 Å². The normalized spacial score (nSPS) is 9.67. The van der Waals surface area contributed by atoms with Gasteiger partial charge in [0.25, 0.3) is 0 Å². The van der Waals surface area contributed by atoms with E-state index in [1.54, 1.807) is 12.4 Å². The molecule has 5 heteroatoms. The molecule has 1 heterocycles. The monoisotopic (exact) mass is 168 g/mol. The lowest BCUT2D eigenvalue weighted by Crippen LogP contribution is -2.13. The Kier molecular flexibility index (Phi) is 2.57. The van der Waals surface area contributed by atoms with E-state index < -0.39 is 11.8 Å². The first kappa shape index (κ1) is 8.45. The van der Waals surface area contributed by atoms with Crippen LogP contribution in [0.2, 0.25) is 0 Å². The van der Waals surface area contributed by atoms with Gasteiger partial charge in [-0.2, -0.15) is 0 Å². The quantitative estimate of drug-likeness (QED) is 0.619. The van der Waals surface area contributed by atoms with E-state index in [0.29, 0.717) is 12.2 Å². The molecular formula is C7H8N2O3. The maximum absolute atomic E-state index is 10.6. The molecule has 0 amide bonds. The number of Topliss-reactive ketones (excluding diaryl/α,β-unsaturated/α-hetero) is 1. The molecule has 0 bridgehead atoms. The van der Waals surface area contributed by atoms with Crippen LogP contribution in [0.25, 0.3) is 0 Å². The summed E-state index contributed by atoms with van der Waals surface area (Å²) in [6.07, 6.45) is 3.52. The zero-order valence-corrected chi connectivity index (χ0v) is 6.28. The minimum Gasteiger partial charge on any atom is -0.476 e. The number of hydrogen-bond acceptors (Lipinski definition) is 3. The van der Waals surface area contributed by atoms with Gasteiger partial charge in [0, 0.05) is 25.2 Å². The van der Waals surface area contributed by atoms with E-state index in [1.807, 2.05) is 0 Å². The third-order valence-corrected chi connectivity index (χ3v) is 1.38. The third kappa shape index (κ3) is 2.19. The fraction of sp³-hybridized carbons (Fsp3) is 0.286. The van der Waals surface area contributed by atoms with Crippen LogP contribution in [0, 0.1) is 0 Å². The van der Waals surface area contributed by atoms with Gasteiger partial charge in [-0.1, -0.05) is 0 Å². The largest absolute Gasteiger partial charge is 0.476 e. The lowest BCUT2D eigenvalue weighted by Gasteiger charge is -1.92. The van der Waals surface area contributed by atoms with Crippen molar-refractivity contribution in [2.24, 2.45) is 0 Å². The van der Waals surface area contributed by atoms with E-state index in [4.69, 9.17) is 5.11 Å². The Bertz CT molecular complexity index is 279. The van der Waals surface area contributed by atoms with Gasteiger partial charge in [0.2, 0.25) is 5.78 Å². The first-order valence-corrected chi connectivity index (χ1v) is 3.44. The van der Waals surface area contributed by atoms with Gasteiger partial charge in [-0.15, -0.1) is 0 Å². The van der Waals surface area contributed by atoms with Crippen molar-refractivity contribution in [3.05, 3.63) is 18.2 Å². The molecule has 64 valence electrons.